The number of fused-ring (bicyclic) bond motifs is 1. The third-order valence-electron chi connectivity index (χ3n) is 6.38. The van der Waals surface area contributed by atoms with Crippen LogP contribution in [0.4, 0.5) is 0 Å². The van der Waals surface area contributed by atoms with E-state index in [9.17, 15) is 4.79 Å². The van der Waals surface area contributed by atoms with Crippen molar-refractivity contribution in [2.45, 2.75) is 26.6 Å². The second-order valence-corrected chi connectivity index (χ2v) is 8.76. The van der Waals surface area contributed by atoms with E-state index in [1.807, 2.05) is 53.4 Å². The second-order valence-electron chi connectivity index (χ2n) is 8.76. The van der Waals surface area contributed by atoms with Crippen LogP contribution < -0.4 is 0 Å². The minimum atomic E-state index is 0.0400. The smallest absolute Gasteiger partial charge is 0.254 e. The predicted molar refractivity (Wildman–Crippen MR) is 139 cm³/mol. The normalized spacial score (nSPS) is 11.0. The van der Waals surface area contributed by atoms with Gasteiger partial charge in [0.05, 0.1) is 6.54 Å². The van der Waals surface area contributed by atoms with Gasteiger partial charge >= 0.3 is 0 Å². The molecule has 0 aliphatic carbocycles. The molecule has 0 radical (unpaired) electrons. The number of aryl methyl sites for hydroxylation is 1. The van der Waals surface area contributed by atoms with Crippen molar-refractivity contribution in [2.24, 2.45) is 0 Å². The second kappa shape index (κ2) is 9.80. The Hall–Kier alpha value is -4.11. The molecule has 4 aromatic carbocycles. The summed E-state index contributed by atoms with van der Waals surface area (Å²) in [4.78, 5) is 15.7. The van der Waals surface area contributed by atoms with E-state index in [2.05, 4.69) is 78.4 Å². The zero-order chi connectivity index (χ0) is 23.3. The minimum absolute atomic E-state index is 0.0400. The van der Waals surface area contributed by atoms with E-state index < -0.39 is 0 Å². The van der Waals surface area contributed by atoms with E-state index in [-0.39, 0.29) is 5.91 Å². The van der Waals surface area contributed by atoms with Crippen LogP contribution in [0.1, 0.15) is 32.7 Å². The molecule has 0 N–H and O–H groups in total. The summed E-state index contributed by atoms with van der Waals surface area (Å²) in [5.41, 5.74) is 5.51. The Morgan fingerprint density at radius 2 is 1.47 bits per heavy atom. The van der Waals surface area contributed by atoms with Gasteiger partial charge in [0.2, 0.25) is 0 Å². The first-order chi connectivity index (χ1) is 16.7. The van der Waals surface area contributed by atoms with Crippen LogP contribution in [-0.2, 0) is 19.6 Å². The molecule has 5 rings (SSSR count). The van der Waals surface area contributed by atoms with Crippen LogP contribution in [0.5, 0.6) is 0 Å². The molecule has 34 heavy (non-hydrogen) atoms. The highest BCUT2D eigenvalue weighted by molar-refractivity contribution is 5.98. The highest BCUT2D eigenvalue weighted by Crippen LogP contribution is 2.20. The lowest BCUT2D eigenvalue weighted by atomic mass is 10.1. The first-order valence-electron chi connectivity index (χ1n) is 11.7. The van der Waals surface area contributed by atoms with E-state index in [0.29, 0.717) is 18.7 Å². The lowest BCUT2D eigenvalue weighted by Gasteiger charge is -2.24. The largest absolute Gasteiger partial charge is 0.345 e. The van der Waals surface area contributed by atoms with Gasteiger partial charge in [-0.15, -0.1) is 0 Å². The van der Waals surface area contributed by atoms with Gasteiger partial charge in [0.1, 0.15) is 0 Å². The summed E-state index contributed by atoms with van der Waals surface area (Å²) >= 11 is 0. The summed E-state index contributed by atoms with van der Waals surface area (Å²) < 4.78 is 2.24. The highest BCUT2D eigenvalue weighted by atomic mass is 16.2. The molecule has 1 amide bonds. The summed E-state index contributed by atoms with van der Waals surface area (Å²) in [6, 6.07) is 37.0. The van der Waals surface area contributed by atoms with Gasteiger partial charge in [0, 0.05) is 30.5 Å². The molecule has 0 fully saturated rings. The molecule has 0 bridgehead atoms. The molecule has 0 saturated heterocycles. The number of aromatic nitrogens is 1. The van der Waals surface area contributed by atoms with Crippen molar-refractivity contribution in [3.8, 4) is 0 Å². The van der Waals surface area contributed by atoms with Crippen molar-refractivity contribution in [1.29, 1.82) is 0 Å². The van der Waals surface area contributed by atoms with Crippen molar-refractivity contribution >= 4 is 16.7 Å². The van der Waals surface area contributed by atoms with Crippen molar-refractivity contribution in [3.63, 3.8) is 0 Å². The number of carbonyl (C=O) groups excluding carboxylic acids is 1. The lowest BCUT2D eigenvalue weighted by Crippen LogP contribution is -2.31. The van der Waals surface area contributed by atoms with Crippen molar-refractivity contribution in [1.82, 2.24) is 9.47 Å². The third kappa shape index (κ3) is 4.79. The van der Waals surface area contributed by atoms with Crippen molar-refractivity contribution in [2.75, 3.05) is 0 Å². The van der Waals surface area contributed by atoms with Gasteiger partial charge in [-0.3, -0.25) is 4.79 Å². The molecule has 0 aliphatic heterocycles. The van der Waals surface area contributed by atoms with Crippen LogP contribution in [0.15, 0.2) is 115 Å². The monoisotopic (exact) mass is 444 g/mol. The Balaban J connectivity index is 1.45. The van der Waals surface area contributed by atoms with E-state index in [0.717, 1.165) is 28.6 Å². The van der Waals surface area contributed by atoms with Crippen molar-refractivity contribution < 1.29 is 4.79 Å². The number of amides is 1. The highest BCUT2D eigenvalue weighted by Gasteiger charge is 2.19. The molecule has 3 heteroatoms. The molecule has 0 spiro atoms. The molecular weight excluding hydrogens is 416 g/mol. The molecule has 1 heterocycles. The topological polar surface area (TPSA) is 25.2 Å². The lowest BCUT2D eigenvalue weighted by molar-refractivity contribution is 0.0726. The SMILES string of the molecule is Cc1ccccc1Cn1cccc1CN(Cc1ccccc1)C(=O)c1ccc2ccccc2c1. The summed E-state index contributed by atoms with van der Waals surface area (Å²) in [7, 11) is 0. The first kappa shape index (κ1) is 21.7. The van der Waals surface area contributed by atoms with Crippen LogP contribution in [0.25, 0.3) is 10.8 Å². The molecule has 168 valence electrons. The Bertz CT molecular complexity index is 1420. The molecule has 0 atom stereocenters. The van der Waals surface area contributed by atoms with Crippen LogP contribution in [0.2, 0.25) is 0 Å². The van der Waals surface area contributed by atoms with E-state index in [1.54, 1.807) is 0 Å². The maximum Gasteiger partial charge on any atom is 0.254 e. The summed E-state index contributed by atoms with van der Waals surface area (Å²) in [5, 5.41) is 2.22. The average molecular weight is 445 g/mol. The predicted octanol–water partition coefficient (Wildman–Crippen LogP) is 6.84. The van der Waals surface area contributed by atoms with Gasteiger partial charge in [-0.2, -0.15) is 0 Å². The van der Waals surface area contributed by atoms with Crippen LogP contribution >= 0.6 is 0 Å². The molecule has 0 saturated carbocycles. The van der Waals surface area contributed by atoms with Gasteiger partial charge in [0.15, 0.2) is 0 Å². The molecule has 0 aliphatic rings. The molecule has 3 nitrogen and oxygen atoms in total. The van der Waals surface area contributed by atoms with Gasteiger partial charge in [0.25, 0.3) is 5.91 Å². The Morgan fingerprint density at radius 1 is 0.735 bits per heavy atom. The van der Waals surface area contributed by atoms with Gasteiger partial charge in [-0.25, -0.2) is 0 Å². The quantitative estimate of drug-likeness (QED) is 0.270. The minimum Gasteiger partial charge on any atom is -0.345 e. The maximum absolute atomic E-state index is 13.8. The summed E-state index contributed by atoms with van der Waals surface area (Å²) in [6.45, 7) is 4.03. The van der Waals surface area contributed by atoms with E-state index in [1.165, 1.54) is 11.1 Å². The Kier molecular flexibility index (Phi) is 6.26. The van der Waals surface area contributed by atoms with Crippen LogP contribution in [0, 0.1) is 6.92 Å². The Morgan fingerprint density at radius 3 is 2.29 bits per heavy atom. The number of rotatable bonds is 7. The molecule has 5 aromatic rings. The standard InChI is InChI=1S/C31H28N2O/c1-24-10-5-6-15-29(24)22-32-19-9-16-30(32)23-33(21-25-11-3-2-4-12-25)31(34)28-18-17-26-13-7-8-14-27(26)20-28/h2-20H,21-23H2,1H3. The molecule has 1 aromatic heterocycles. The fraction of sp³-hybridized carbons (Fsp3) is 0.129. The first-order valence-corrected chi connectivity index (χ1v) is 11.7. The van der Waals surface area contributed by atoms with Gasteiger partial charge in [-0.05, 0) is 58.7 Å². The molecule has 0 unspecified atom stereocenters. The zero-order valence-corrected chi connectivity index (χ0v) is 19.4. The number of hydrogen-bond donors (Lipinski definition) is 0. The fourth-order valence-electron chi connectivity index (χ4n) is 4.42. The number of hydrogen-bond acceptors (Lipinski definition) is 1. The summed E-state index contributed by atoms with van der Waals surface area (Å²) in [5.74, 6) is 0.0400. The average Bonchev–Trinajstić information content (AvgIpc) is 3.31. The fourth-order valence-corrected chi connectivity index (χ4v) is 4.42. The van der Waals surface area contributed by atoms with Crippen molar-refractivity contribution in [3.05, 3.63) is 143 Å². The summed E-state index contributed by atoms with van der Waals surface area (Å²) in [6.07, 6.45) is 2.10. The maximum atomic E-state index is 13.8. The molecular formula is C31H28N2O. The van der Waals surface area contributed by atoms with Crippen LogP contribution in [0.3, 0.4) is 0 Å². The van der Waals surface area contributed by atoms with Crippen LogP contribution in [-0.4, -0.2) is 15.4 Å². The number of nitrogens with zero attached hydrogens (tertiary/aromatic N) is 2. The van der Waals surface area contributed by atoms with E-state index in [4.69, 9.17) is 0 Å². The van der Waals surface area contributed by atoms with Gasteiger partial charge in [-0.1, -0.05) is 84.9 Å². The third-order valence-corrected chi connectivity index (χ3v) is 6.38. The van der Waals surface area contributed by atoms with Gasteiger partial charge < -0.3 is 9.47 Å². The number of carbonyl (C=O) groups is 1. The number of benzene rings is 4. The van der Waals surface area contributed by atoms with E-state index >= 15 is 0 Å². The zero-order valence-electron chi connectivity index (χ0n) is 19.4. The Labute approximate surface area is 200 Å².